The molecule has 2 aromatic rings. The van der Waals surface area contributed by atoms with Gasteiger partial charge in [-0.15, -0.1) is 0 Å². The van der Waals surface area contributed by atoms with Crippen molar-refractivity contribution < 1.29 is 14.3 Å². The number of nitrogens with one attached hydrogen (secondary N) is 2. The molecule has 2 rings (SSSR count). The number of benzene rings is 2. The Hall–Kier alpha value is -3.15. The zero-order chi connectivity index (χ0) is 18.8. The number of hydrogen-bond acceptors (Lipinski definition) is 4. The zero-order valence-electron chi connectivity index (χ0n) is 15.0. The van der Waals surface area contributed by atoms with Gasteiger partial charge in [-0.1, -0.05) is 31.5 Å². The van der Waals surface area contributed by atoms with Crippen molar-refractivity contribution in [3.8, 4) is 5.75 Å². The molecular weight excluding hydrogens is 330 g/mol. The number of aryl methyl sites for hydroxylation is 1. The Morgan fingerprint density at radius 1 is 1.08 bits per heavy atom. The molecule has 0 aliphatic heterocycles. The number of unbranched alkanes of at least 4 members (excludes halogenated alkanes) is 1. The van der Waals surface area contributed by atoms with E-state index < -0.39 is 11.8 Å². The van der Waals surface area contributed by atoms with Crippen LogP contribution in [-0.2, 0) is 9.59 Å². The first-order valence-electron chi connectivity index (χ1n) is 8.53. The average Bonchev–Trinajstić information content (AvgIpc) is 2.65. The molecule has 136 valence electrons. The van der Waals surface area contributed by atoms with Crippen LogP contribution in [-0.4, -0.2) is 24.6 Å². The van der Waals surface area contributed by atoms with E-state index >= 15 is 0 Å². The van der Waals surface area contributed by atoms with Gasteiger partial charge in [-0.3, -0.25) is 9.59 Å². The van der Waals surface area contributed by atoms with Crippen LogP contribution in [0.4, 0.5) is 5.69 Å². The molecule has 0 spiro atoms. The molecule has 2 amide bonds. The van der Waals surface area contributed by atoms with Gasteiger partial charge in [0.1, 0.15) is 5.75 Å². The lowest BCUT2D eigenvalue weighted by Crippen LogP contribution is -2.32. The molecule has 26 heavy (non-hydrogen) atoms. The summed E-state index contributed by atoms with van der Waals surface area (Å²) in [5.74, 6) is -0.808. The number of carbonyl (C=O) groups is 2. The monoisotopic (exact) mass is 353 g/mol. The topological polar surface area (TPSA) is 79.8 Å². The number of hydrazone groups is 1. The summed E-state index contributed by atoms with van der Waals surface area (Å²) in [5, 5.41) is 6.35. The molecular formula is C20H23N3O3. The van der Waals surface area contributed by atoms with Gasteiger partial charge in [0, 0.05) is 5.69 Å². The zero-order valence-corrected chi connectivity index (χ0v) is 15.0. The second-order valence-corrected chi connectivity index (χ2v) is 5.74. The van der Waals surface area contributed by atoms with E-state index in [0.29, 0.717) is 12.3 Å². The minimum absolute atomic E-state index is 0.593. The van der Waals surface area contributed by atoms with Gasteiger partial charge in [-0.05, 0) is 54.8 Å². The quantitative estimate of drug-likeness (QED) is 0.347. The molecule has 6 heteroatoms. The molecule has 0 fully saturated rings. The van der Waals surface area contributed by atoms with E-state index in [1.54, 1.807) is 12.1 Å². The molecule has 0 aliphatic carbocycles. The molecule has 2 N–H and O–H groups in total. The van der Waals surface area contributed by atoms with Crippen molar-refractivity contribution in [3.63, 3.8) is 0 Å². The highest BCUT2D eigenvalue weighted by Crippen LogP contribution is 2.13. The molecule has 0 aliphatic rings. The number of nitrogens with zero attached hydrogens (tertiary/aromatic N) is 1. The summed E-state index contributed by atoms with van der Waals surface area (Å²) in [6, 6.07) is 14.5. The van der Waals surface area contributed by atoms with Crippen LogP contribution >= 0.6 is 0 Å². The summed E-state index contributed by atoms with van der Waals surface area (Å²) in [5.41, 5.74) is 4.47. The first-order valence-corrected chi connectivity index (χ1v) is 8.53. The Morgan fingerprint density at radius 2 is 1.81 bits per heavy atom. The molecule has 0 saturated heterocycles. The highest BCUT2D eigenvalue weighted by atomic mass is 16.5. The number of carbonyl (C=O) groups excluding carboxylic acids is 2. The summed E-state index contributed by atoms with van der Waals surface area (Å²) in [6.45, 7) is 4.65. The van der Waals surface area contributed by atoms with Crippen LogP contribution in [0.25, 0.3) is 0 Å². The molecule has 0 aromatic heterocycles. The van der Waals surface area contributed by atoms with Crippen LogP contribution in [0.5, 0.6) is 5.75 Å². The molecule has 0 atom stereocenters. The fourth-order valence-corrected chi connectivity index (χ4v) is 2.09. The van der Waals surface area contributed by atoms with E-state index in [1.807, 2.05) is 43.3 Å². The molecule has 0 bridgehead atoms. The predicted molar refractivity (Wildman–Crippen MR) is 102 cm³/mol. The van der Waals surface area contributed by atoms with Gasteiger partial charge in [-0.25, -0.2) is 5.43 Å². The summed E-state index contributed by atoms with van der Waals surface area (Å²) in [7, 11) is 0. The van der Waals surface area contributed by atoms with Gasteiger partial charge in [-0.2, -0.15) is 5.10 Å². The second kappa shape index (κ2) is 9.98. The summed E-state index contributed by atoms with van der Waals surface area (Å²) in [6.07, 6.45) is 3.57. The van der Waals surface area contributed by atoms with Gasteiger partial charge < -0.3 is 10.1 Å². The number of hydrogen-bond donors (Lipinski definition) is 2. The Labute approximate surface area is 153 Å². The maximum absolute atomic E-state index is 11.9. The van der Waals surface area contributed by atoms with E-state index in [2.05, 4.69) is 22.8 Å². The molecule has 0 saturated carbocycles. The van der Waals surface area contributed by atoms with Crippen molar-refractivity contribution in [1.29, 1.82) is 0 Å². The van der Waals surface area contributed by atoms with Crippen molar-refractivity contribution >= 4 is 23.7 Å². The first kappa shape index (κ1) is 19.2. The van der Waals surface area contributed by atoms with Gasteiger partial charge in [0.05, 0.1) is 12.8 Å². The van der Waals surface area contributed by atoms with Gasteiger partial charge in [0.2, 0.25) is 0 Å². The van der Waals surface area contributed by atoms with Crippen molar-refractivity contribution in [2.45, 2.75) is 26.7 Å². The maximum Gasteiger partial charge on any atom is 0.329 e. The van der Waals surface area contributed by atoms with Gasteiger partial charge in [0.15, 0.2) is 0 Å². The van der Waals surface area contributed by atoms with Gasteiger partial charge >= 0.3 is 11.8 Å². The van der Waals surface area contributed by atoms with Crippen LogP contribution in [0.1, 0.15) is 30.9 Å². The largest absolute Gasteiger partial charge is 0.494 e. The van der Waals surface area contributed by atoms with E-state index in [4.69, 9.17) is 4.74 Å². The molecule has 0 radical (unpaired) electrons. The second-order valence-electron chi connectivity index (χ2n) is 5.74. The summed E-state index contributed by atoms with van der Waals surface area (Å²) >= 11 is 0. The SMILES string of the molecule is CCCCOc1ccc(/C=N\NC(=O)C(=O)Nc2ccccc2C)cc1. The van der Waals surface area contributed by atoms with Crippen molar-refractivity contribution in [1.82, 2.24) is 5.43 Å². The first-order chi connectivity index (χ1) is 12.6. The average molecular weight is 353 g/mol. The van der Waals surface area contributed by atoms with E-state index in [1.165, 1.54) is 6.21 Å². The van der Waals surface area contributed by atoms with Crippen LogP contribution in [0.2, 0.25) is 0 Å². The number of para-hydroxylation sites is 1. The number of ether oxygens (including phenoxy) is 1. The Balaban J connectivity index is 1.82. The normalized spacial score (nSPS) is 10.5. The molecule has 6 nitrogen and oxygen atoms in total. The smallest absolute Gasteiger partial charge is 0.329 e. The number of amides is 2. The highest BCUT2D eigenvalue weighted by molar-refractivity contribution is 6.39. The predicted octanol–water partition coefficient (Wildman–Crippen LogP) is 3.26. The fraction of sp³-hybridized carbons (Fsp3) is 0.250. The van der Waals surface area contributed by atoms with Crippen molar-refractivity contribution in [3.05, 3.63) is 59.7 Å². The van der Waals surface area contributed by atoms with Crippen LogP contribution in [0, 0.1) is 6.92 Å². The van der Waals surface area contributed by atoms with E-state index in [0.717, 1.165) is 29.7 Å². The number of anilines is 1. The van der Waals surface area contributed by atoms with Crippen molar-refractivity contribution in [2.75, 3.05) is 11.9 Å². The van der Waals surface area contributed by atoms with Crippen LogP contribution in [0.3, 0.4) is 0 Å². The van der Waals surface area contributed by atoms with Crippen LogP contribution < -0.4 is 15.5 Å². The molecule has 0 heterocycles. The molecule has 2 aromatic carbocycles. The lowest BCUT2D eigenvalue weighted by molar-refractivity contribution is -0.136. The lowest BCUT2D eigenvalue weighted by atomic mass is 10.2. The summed E-state index contributed by atoms with van der Waals surface area (Å²) < 4.78 is 5.57. The fourth-order valence-electron chi connectivity index (χ4n) is 2.09. The minimum Gasteiger partial charge on any atom is -0.494 e. The van der Waals surface area contributed by atoms with E-state index in [-0.39, 0.29) is 0 Å². The van der Waals surface area contributed by atoms with E-state index in [9.17, 15) is 9.59 Å². The third-order valence-corrected chi connectivity index (χ3v) is 3.63. The summed E-state index contributed by atoms with van der Waals surface area (Å²) in [4.78, 5) is 23.7. The Morgan fingerprint density at radius 3 is 2.50 bits per heavy atom. The third kappa shape index (κ3) is 6.05. The maximum atomic E-state index is 11.9. The van der Waals surface area contributed by atoms with Crippen LogP contribution in [0.15, 0.2) is 53.6 Å². The minimum atomic E-state index is -0.830. The highest BCUT2D eigenvalue weighted by Gasteiger charge is 2.13. The third-order valence-electron chi connectivity index (χ3n) is 3.63. The van der Waals surface area contributed by atoms with Crippen molar-refractivity contribution in [2.24, 2.45) is 5.10 Å². The Kier molecular flexibility index (Phi) is 7.36. The lowest BCUT2D eigenvalue weighted by Gasteiger charge is -2.06. The van der Waals surface area contributed by atoms with Gasteiger partial charge in [0.25, 0.3) is 0 Å². The molecule has 0 unspecified atom stereocenters. The number of rotatable bonds is 7. The standard InChI is InChI=1S/C20H23N3O3/c1-3-4-13-26-17-11-9-16(10-12-17)14-21-23-20(25)19(24)22-18-8-6-5-7-15(18)2/h5-12,14H,3-4,13H2,1-2H3,(H,22,24)(H,23,25)/b21-14-. The Bertz CT molecular complexity index is 770.